The minimum Gasteiger partial charge on any atom is -0.337 e. The van der Waals surface area contributed by atoms with Crippen molar-refractivity contribution in [3.05, 3.63) is 12.0 Å². The van der Waals surface area contributed by atoms with Crippen molar-refractivity contribution in [2.45, 2.75) is 30.8 Å². The highest BCUT2D eigenvalue weighted by Crippen LogP contribution is 2.10. The molecule has 0 aromatic carbocycles. The van der Waals surface area contributed by atoms with Crippen molar-refractivity contribution in [1.82, 2.24) is 19.6 Å². The maximum absolute atomic E-state index is 12.1. The number of nitrogens with zero attached hydrogens (tertiary/aromatic N) is 2. The topological polar surface area (TPSA) is 76.0 Å². The molecule has 96 valence electrons. The zero-order valence-corrected chi connectivity index (χ0v) is 10.9. The molecule has 0 radical (unpaired) electrons. The second kappa shape index (κ2) is 4.75. The van der Waals surface area contributed by atoms with Gasteiger partial charge in [-0.25, -0.2) is 18.1 Å². The predicted octanol–water partition coefficient (Wildman–Crippen LogP) is -0.241. The van der Waals surface area contributed by atoms with Crippen LogP contribution in [0.25, 0.3) is 0 Å². The lowest BCUT2D eigenvalue weighted by molar-refractivity contribution is 0.428. The molecule has 17 heavy (non-hydrogen) atoms. The minimum absolute atomic E-state index is 0.0314. The number of imidazole rings is 1. The molecule has 0 amide bonds. The summed E-state index contributed by atoms with van der Waals surface area (Å²) in [5, 5.41) is 3.27. The average molecular weight is 258 g/mol. The second-order valence-corrected chi connectivity index (χ2v) is 6.06. The van der Waals surface area contributed by atoms with Crippen molar-refractivity contribution in [3.63, 3.8) is 0 Å². The summed E-state index contributed by atoms with van der Waals surface area (Å²) in [7, 11) is -1.70. The van der Waals surface area contributed by atoms with E-state index in [0.29, 0.717) is 12.4 Å². The van der Waals surface area contributed by atoms with E-state index in [2.05, 4.69) is 15.0 Å². The molecule has 1 unspecified atom stereocenters. The van der Waals surface area contributed by atoms with Gasteiger partial charge in [0.2, 0.25) is 0 Å². The number of nitrogens with one attached hydrogen (secondary N) is 2. The summed E-state index contributed by atoms with van der Waals surface area (Å²) in [6.45, 7) is 3.42. The summed E-state index contributed by atoms with van der Waals surface area (Å²) >= 11 is 0. The van der Waals surface area contributed by atoms with Crippen LogP contribution in [0.4, 0.5) is 0 Å². The van der Waals surface area contributed by atoms with Gasteiger partial charge in [0.15, 0.2) is 5.03 Å². The molecule has 6 nitrogen and oxygen atoms in total. The van der Waals surface area contributed by atoms with E-state index >= 15 is 0 Å². The summed E-state index contributed by atoms with van der Waals surface area (Å²) in [6, 6.07) is -0.0314. The van der Waals surface area contributed by atoms with Gasteiger partial charge < -0.3 is 9.88 Å². The average Bonchev–Trinajstić information content (AvgIpc) is 2.61. The molecule has 1 aromatic heterocycles. The number of piperidine rings is 1. The molecule has 1 atom stereocenters. The Balaban J connectivity index is 2.12. The van der Waals surface area contributed by atoms with Gasteiger partial charge in [0.05, 0.1) is 0 Å². The van der Waals surface area contributed by atoms with Crippen LogP contribution in [0.1, 0.15) is 18.7 Å². The van der Waals surface area contributed by atoms with Crippen LogP contribution in [0.15, 0.2) is 11.2 Å². The van der Waals surface area contributed by atoms with Crippen LogP contribution in [0.5, 0.6) is 0 Å². The van der Waals surface area contributed by atoms with Crippen molar-refractivity contribution in [3.8, 4) is 0 Å². The molecule has 1 aliphatic heterocycles. The van der Waals surface area contributed by atoms with E-state index in [4.69, 9.17) is 0 Å². The van der Waals surface area contributed by atoms with Gasteiger partial charge >= 0.3 is 0 Å². The highest BCUT2D eigenvalue weighted by atomic mass is 32.2. The van der Waals surface area contributed by atoms with Crippen LogP contribution in [-0.2, 0) is 17.1 Å². The van der Waals surface area contributed by atoms with Crippen LogP contribution in [0.3, 0.4) is 0 Å². The van der Waals surface area contributed by atoms with Gasteiger partial charge in [0, 0.05) is 25.8 Å². The van der Waals surface area contributed by atoms with Crippen LogP contribution in [0, 0.1) is 6.92 Å². The Kier molecular flexibility index (Phi) is 3.50. The first-order valence-electron chi connectivity index (χ1n) is 5.72. The smallest absolute Gasteiger partial charge is 0.259 e. The molecule has 0 aliphatic carbocycles. The van der Waals surface area contributed by atoms with Crippen molar-refractivity contribution >= 4 is 10.0 Å². The monoisotopic (exact) mass is 258 g/mol. The summed E-state index contributed by atoms with van der Waals surface area (Å²) in [6.07, 6.45) is 3.40. The SMILES string of the molecule is Cc1nc(S(=O)(=O)NC2CCCNC2)cn1C. The number of hydrogen-bond acceptors (Lipinski definition) is 4. The maximum Gasteiger partial charge on any atom is 0.259 e. The first-order valence-corrected chi connectivity index (χ1v) is 7.20. The molecule has 1 saturated heterocycles. The summed E-state index contributed by atoms with van der Waals surface area (Å²) in [5.41, 5.74) is 0. The number of rotatable bonds is 3. The predicted molar refractivity (Wildman–Crippen MR) is 64.2 cm³/mol. The molecular weight excluding hydrogens is 240 g/mol. The van der Waals surface area contributed by atoms with Gasteiger partial charge in [0.25, 0.3) is 10.0 Å². The van der Waals surface area contributed by atoms with Crippen LogP contribution < -0.4 is 10.0 Å². The Morgan fingerprint density at radius 2 is 2.35 bits per heavy atom. The van der Waals surface area contributed by atoms with Gasteiger partial charge in [-0.2, -0.15) is 0 Å². The van der Waals surface area contributed by atoms with Gasteiger partial charge in [-0.1, -0.05) is 0 Å². The summed E-state index contributed by atoms with van der Waals surface area (Å²) in [5.74, 6) is 0.687. The lowest BCUT2D eigenvalue weighted by atomic mass is 10.1. The Morgan fingerprint density at radius 1 is 1.59 bits per heavy atom. The van der Waals surface area contributed by atoms with E-state index < -0.39 is 10.0 Å². The first-order chi connectivity index (χ1) is 7.99. The molecule has 1 fully saturated rings. The number of aryl methyl sites for hydroxylation is 2. The van der Waals surface area contributed by atoms with Crippen molar-refractivity contribution < 1.29 is 8.42 Å². The third kappa shape index (κ3) is 2.85. The Hall–Kier alpha value is -0.920. The minimum atomic E-state index is -3.48. The van der Waals surface area contributed by atoms with Gasteiger partial charge in [0.1, 0.15) is 5.82 Å². The number of hydrogen-bond donors (Lipinski definition) is 2. The molecule has 0 bridgehead atoms. The van der Waals surface area contributed by atoms with E-state index in [-0.39, 0.29) is 11.1 Å². The number of sulfonamides is 1. The standard InChI is InChI=1S/C10H18N4O2S/c1-8-12-10(7-14(8)2)17(15,16)13-9-4-3-5-11-6-9/h7,9,11,13H,3-6H2,1-2H3. The largest absolute Gasteiger partial charge is 0.337 e. The Labute approximate surface area is 101 Å². The van der Waals surface area contributed by atoms with Crippen LogP contribution >= 0.6 is 0 Å². The molecule has 0 saturated carbocycles. The van der Waals surface area contributed by atoms with Crippen molar-refractivity contribution in [2.75, 3.05) is 13.1 Å². The van der Waals surface area contributed by atoms with E-state index in [0.717, 1.165) is 19.4 Å². The Bertz CT molecular complexity index is 469. The molecule has 2 heterocycles. The fourth-order valence-corrected chi connectivity index (χ4v) is 3.20. The zero-order valence-electron chi connectivity index (χ0n) is 10.1. The van der Waals surface area contributed by atoms with E-state index in [9.17, 15) is 8.42 Å². The third-order valence-electron chi connectivity index (χ3n) is 2.98. The zero-order chi connectivity index (χ0) is 12.5. The van der Waals surface area contributed by atoms with E-state index in [1.54, 1.807) is 18.5 Å². The molecule has 2 rings (SSSR count). The van der Waals surface area contributed by atoms with Gasteiger partial charge in [-0.05, 0) is 26.3 Å². The molecule has 1 aliphatic rings. The lowest BCUT2D eigenvalue weighted by Crippen LogP contribution is -2.45. The number of aromatic nitrogens is 2. The summed E-state index contributed by atoms with van der Waals surface area (Å²) < 4.78 is 28.5. The molecule has 0 spiro atoms. The molecule has 2 N–H and O–H groups in total. The van der Waals surface area contributed by atoms with Gasteiger partial charge in [-0.3, -0.25) is 0 Å². The fourth-order valence-electron chi connectivity index (χ4n) is 1.89. The quantitative estimate of drug-likeness (QED) is 0.784. The van der Waals surface area contributed by atoms with Gasteiger partial charge in [-0.15, -0.1) is 0 Å². The highest BCUT2D eigenvalue weighted by molar-refractivity contribution is 7.89. The molecular formula is C10H18N4O2S. The van der Waals surface area contributed by atoms with Crippen molar-refractivity contribution in [2.24, 2.45) is 7.05 Å². The normalized spacial score (nSPS) is 21.6. The van der Waals surface area contributed by atoms with Crippen molar-refractivity contribution in [1.29, 1.82) is 0 Å². The summed E-state index contributed by atoms with van der Waals surface area (Å²) in [4.78, 5) is 4.04. The molecule has 1 aromatic rings. The maximum atomic E-state index is 12.1. The van der Waals surface area contributed by atoms with Crippen LogP contribution in [-0.4, -0.2) is 37.1 Å². The highest BCUT2D eigenvalue weighted by Gasteiger charge is 2.23. The van der Waals surface area contributed by atoms with E-state index in [1.165, 1.54) is 6.20 Å². The van der Waals surface area contributed by atoms with E-state index in [1.807, 2.05) is 0 Å². The third-order valence-corrected chi connectivity index (χ3v) is 4.37. The van der Waals surface area contributed by atoms with Crippen LogP contribution in [0.2, 0.25) is 0 Å². The fraction of sp³-hybridized carbons (Fsp3) is 0.700. The second-order valence-electron chi connectivity index (χ2n) is 4.40. The lowest BCUT2D eigenvalue weighted by Gasteiger charge is -2.23. The Morgan fingerprint density at radius 3 is 2.88 bits per heavy atom. The first kappa shape index (κ1) is 12.5. The molecule has 7 heteroatoms.